The van der Waals surface area contributed by atoms with Crippen molar-refractivity contribution in [1.29, 1.82) is 0 Å². The maximum Gasteiger partial charge on any atom is 0.201 e. The maximum atomic E-state index is 7.38. The molecule has 236 valence electrons. The Hall–Kier alpha value is -0.603. The Kier molecular flexibility index (Phi) is 11.6. The highest BCUT2D eigenvalue weighted by molar-refractivity contribution is 6.77. The molecule has 0 aromatic carbocycles. The van der Waals surface area contributed by atoms with Gasteiger partial charge in [0.15, 0.2) is 0 Å². The highest BCUT2D eigenvalue weighted by atomic mass is 28.4. The minimum Gasteiger partial charge on any atom is -0.409 e. The molecule has 0 aliphatic heterocycles. The van der Waals surface area contributed by atoms with E-state index in [0.717, 1.165) is 30.6 Å². The van der Waals surface area contributed by atoms with Gasteiger partial charge in [-0.1, -0.05) is 114 Å². The second-order valence-corrected chi connectivity index (χ2v) is 22.8. The zero-order chi connectivity index (χ0) is 30.9. The molecule has 0 spiro atoms. The van der Waals surface area contributed by atoms with E-state index in [2.05, 4.69) is 96.1 Å². The first kappa shape index (κ1) is 34.9. The van der Waals surface area contributed by atoms with Crippen molar-refractivity contribution >= 4 is 8.32 Å². The van der Waals surface area contributed by atoms with Gasteiger partial charge in [0.05, 0.1) is 6.10 Å². The summed E-state index contributed by atoms with van der Waals surface area (Å²) in [6.45, 7) is 36.5. The minimum atomic E-state index is -1.96. The largest absolute Gasteiger partial charge is 0.409 e. The maximum absolute atomic E-state index is 7.38. The van der Waals surface area contributed by atoms with Gasteiger partial charge in [0, 0.05) is 0 Å². The Labute approximate surface area is 258 Å². The lowest BCUT2D eigenvalue weighted by molar-refractivity contribution is 0.0920. The van der Waals surface area contributed by atoms with Crippen molar-refractivity contribution in [2.24, 2.45) is 34.5 Å². The Morgan fingerprint density at radius 1 is 1.05 bits per heavy atom. The van der Waals surface area contributed by atoms with Crippen molar-refractivity contribution in [3.05, 3.63) is 34.9 Å². The summed E-state index contributed by atoms with van der Waals surface area (Å²) in [7, 11) is -1.96. The van der Waals surface area contributed by atoms with Crippen LogP contribution in [0.25, 0.3) is 0 Å². The van der Waals surface area contributed by atoms with Crippen LogP contribution in [0.1, 0.15) is 154 Å². The molecule has 3 aliphatic carbocycles. The number of rotatable bonds is 10. The van der Waals surface area contributed by atoms with Crippen molar-refractivity contribution in [2.45, 2.75) is 177 Å². The predicted octanol–water partition coefficient (Wildman–Crippen LogP) is 12.8. The first-order valence-corrected chi connectivity index (χ1v) is 19.8. The Morgan fingerprint density at radius 3 is 2.22 bits per heavy atom. The van der Waals surface area contributed by atoms with Crippen LogP contribution in [-0.2, 0) is 4.43 Å². The van der Waals surface area contributed by atoms with Crippen LogP contribution in [0.4, 0.5) is 0 Å². The fourth-order valence-corrected chi connectivity index (χ4v) is 15.7. The van der Waals surface area contributed by atoms with Gasteiger partial charge in [-0.2, -0.15) is 0 Å². The van der Waals surface area contributed by atoms with Crippen molar-refractivity contribution in [1.82, 2.24) is 0 Å². The first-order chi connectivity index (χ1) is 18.9. The predicted molar refractivity (Wildman–Crippen MR) is 185 cm³/mol. The van der Waals surface area contributed by atoms with E-state index in [1.807, 2.05) is 0 Å². The molecule has 0 aromatic rings. The number of allylic oxidation sites excluding steroid dienone is 3. The van der Waals surface area contributed by atoms with Crippen LogP contribution in [0.5, 0.6) is 0 Å². The second kappa shape index (κ2) is 13.6. The third-order valence-electron chi connectivity index (χ3n) is 12.2. The van der Waals surface area contributed by atoms with Gasteiger partial charge in [0.25, 0.3) is 0 Å². The van der Waals surface area contributed by atoms with Gasteiger partial charge in [0.1, 0.15) is 0 Å². The Morgan fingerprint density at radius 2 is 1.66 bits per heavy atom. The van der Waals surface area contributed by atoms with E-state index < -0.39 is 8.32 Å². The minimum absolute atomic E-state index is 0.183. The zero-order valence-corrected chi connectivity index (χ0v) is 30.9. The van der Waals surface area contributed by atoms with E-state index >= 15 is 0 Å². The molecule has 0 amide bonds. The van der Waals surface area contributed by atoms with Crippen LogP contribution in [-0.4, -0.2) is 14.4 Å². The summed E-state index contributed by atoms with van der Waals surface area (Å²) < 4.78 is 7.38. The molecular formula is C39H70OSi. The normalized spacial score (nSPS) is 32.8. The van der Waals surface area contributed by atoms with Gasteiger partial charge in [-0.3, -0.25) is 0 Å². The summed E-state index contributed by atoms with van der Waals surface area (Å²) in [6, 6.07) is 0. The fraction of sp³-hybridized carbons (Fsp3) is 0.846. The van der Waals surface area contributed by atoms with E-state index in [4.69, 9.17) is 11.0 Å². The number of hydrogen-bond donors (Lipinski definition) is 0. The van der Waals surface area contributed by atoms with Crippen LogP contribution >= 0.6 is 0 Å². The van der Waals surface area contributed by atoms with Gasteiger partial charge in [-0.15, -0.1) is 0 Å². The van der Waals surface area contributed by atoms with Crippen molar-refractivity contribution in [3.63, 3.8) is 0 Å². The summed E-state index contributed by atoms with van der Waals surface area (Å²) in [5.41, 5.74) is 8.81. The summed E-state index contributed by atoms with van der Waals surface area (Å²) >= 11 is 0. The van der Waals surface area contributed by atoms with Crippen LogP contribution in [0.2, 0.25) is 16.6 Å². The van der Waals surface area contributed by atoms with E-state index in [1.165, 1.54) is 68.1 Å². The van der Waals surface area contributed by atoms with Gasteiger partial charge >= 0.3 is 0 Å². The van der Waals surface area contributed by atoms with Crippen molar-refractivity contribution in [2.75, 3.05) is 0 Å². The molecule has 3 fully saturated rings. The summed E-state index contributed by atoms with van der Waals surface area (Å²) in [5.74, 6) is 3.14. The molecule has 2 unspecified atom stereocenters. The third kappa shape index (κ3) is 7.56. The molecular weight excluding hydrogens is 513 g/mol. The SMILES string of the molecule is C=C1/C(=C(C)\C=C2/CCC[C@@]3(C)C2CCC3[C@H](C)CCCC(C)(C)C)C[C@@H](C)C[C@@H]1O[Si](C(C)C)(C(C)C)C(C)C. The monoisotopic (exact) mass is 583 g/mol. The van der Waals surface area contributed by atoms with Crippen LogP contribution in [0, 0.1) is 34.5 Å². The van der Waals surface area contributed by atoms with Crippen LogP contribution < -0.4 is 0 Å². The van der Waals surface area contributed by atoms with E-state index in [1.54, 1.807) is 5.57 Å². The first-order valence-electron chi connectivity index (χ1n) is 17.7. The lowest BCUT2D eigenvalue weighted by Crippen LogP contribution is -2.51. The number of fused-ring (bicyclic) bond motifs is 1. The molecule has 3 rings (SSSR count). The lowest BCUT2D eigenvalue weighted by Gasteiger charge is -2.47. The molecule has 41 heavy (non-hydrogen) atoms. The number of hydrogen-bond acceptors (Lipinski definition) is 1. The van der Waals surface area contributed by atoms with Gasteiger partial charge in [-0.05, 0) is 126 Å². The molecule has 2 heteroatoms. The molecule has 0 radical (unpaired) electrons. The van der Waals surface area contributed by atoms with Crippen LogP contribution in [0.3, 0.4) is 0 Å². The van der Waals surface area contributed by atoms with Gasteiger partial charge < -0.3 is 4.43 Å². The lowest BCUT2D eigenvalue weighted by atomic mass is 9.60. The van der Waals surface area contributed by atoms with Gasteiger partial charge in [-0.25, -0.2) is 0 Å². The molecule has 0 bridgehead atoms. The Balaban J connectivity index is 1.84. The quantitative estimate of drug-likeness (QED) is 0.233. The molecule has 0 saturated heterocycles. The third-order valence-corrected chi connectivity index (χ3v) is 18.3. The highest BCUT2D eigenvalue weighted by Gasteiger charge is 2.51. The molecule has 0 heterocycles. The van der Waals surface area contributed by atoms with Crippen molar-refractivity contribution < 1.29 is 4.43 Å². The highest BCUT2D eigenvalue weighted by Crippen LogP contribution is 2.60. The summed E-state index contributed by atoms with van der Waals surface area (Å²) in [6.07, 6.45) is 16.2. The van der Waals surface area contributed by atoms with Crippen LogP contribution in [0.15, 0.2) is 34.9 Å². The van der Waals surface area contributed by atoms with Crippen molar-refractivity contribution in [3.8, 4) is 0 Å². The molecule has 0 aromatic heterocycles. The van der Waals surface area contributed by atoms with E-state index in [0.29, 0.717) is 33.4 Å². The van der Waals surface area contributed by atoms with Gasteiger partial charge in [0.2, 0.25) is 8.32 Å². The molecule has 1 nitrogen and oxygen atoms in total. The smallest absolute Gasteiger partial charge is 0.201 e. The summed E-state index contributed by atoms with van der Waals surface area (Å²) in [5, 5.41) is 0. The standard InChI is InChI=1S/C39H70OSi/c1-26(2)41(27(3)4,28(5)6)40-37-24-29(7)23-34(32(37)10)31(9)25-33-18-16-22-39(14)35(19-20-36(33)39)30(8)17-15-21-38(11,12)13/h25-30,35-37H,10,15-24H2,1-9,11-14H3/b33-25+,34-31-/t29-,30-,35?,36?,37+,39-/m1/s1. The topological polar surface area (TPSA) is 9.23 Å². The van der Waals surface area contributed by atoms with E-state index in [-0.39, 0.29) is 6.10 Å². The molecule has 3 saturated carbocycles. The molecule has 6 atom stereocenters. The zero-order valence-electron chi connectivity index (χ0n) is 29.9. The summed E-state index contributed by atoms with van der Waals surface area (Å²) in [4.78, 5) is 0. The molecule has 0 N–H and O–H groups in total. The fourth-order valence-electron chi connectivity index (χ4n) is 10.2. The average Bonchev–Trinajstić information content (AvgIpc) is 3.20. The molecule has 3 aliphatic rings. The second-order valence-electron chi connectivity index (χ2n) is 17.4. The van der Waals surface area contributed by atoms with E-state index in [9.17, 15) is 0 Å². The average molecular weight is 583 g/mol. The Bertz CT molecular complexity index is 937.